The van der Waals surface area contributed by atoms with Crippen molar-refractivity contribution in [3.63, 3.8) is 0 Å². The highest BCUT2D eigenvalue weighted by atomic mass is 16.5. The lowest BCUT2D eigenvalue weighted by Crippen LogP contribution is -2.40. The molecule has 1 saturated heterocycles. The Hall–Kier alpha value is -1.42. The van der Waals surface area contributed by atoms with E-state index in [0.717, 1.165) is 25.9 Å². The van der Waals surface area contributed by atoms with Gasteiger partial charge < -0.3 is 9.64 Å². The molecule has 1 aliphatic rings. The number of pyridine rings is 1. The smallest absolute Gasteiger partial charge is 0.248 e. The summed E-state index contributed by atoms with van der Waals surface area (Å²) in [5, 5.41) is 0. The van der Waals surface area contributed by atoms with Gasteiger partial charge in [-0.3, -0.25) is 9.78 Å². The summed E-state index contributed by atoms with van der Waals surface area (Å²) in [6, 6.07) is 4.07. The lowest BCUT2D eigenvalue weighted by atomic mass is 9.91. The van der Waals surface area contributed by atoms with Crippen molar-refractivity contribution in [2.75, 3.05) is 26.8 Å². The fourth-order valence-electron chi connectivity index (χ4n) is 2.33. The number of hydrogen-bond donors (Lipinski definition) is 0. The monoisotopic (exact) mass is 234 g/mol. The summed E-state index contributed by atoms with van der Waals surface area (Å²) in [4.78, 5) is 17.7. The highest BCUT2D eigenvalue weighted by Crippen LogP contribution is 2.26. The minimum absolute atomic E-state index is 0.0891. The number of carbonyl (C=O) groups is 1. The van der Waals surface area contributed by atoms with Crippen LogP contribution in [0.5, 0.6) is 0 Å². The SMILES string of the molecule is COCC(=O)N1CCC[C@H](c2ccncc2)C1. The van der Waals surface area contributed by atoms with E-state index in [-0.39, 0.29) is 12.5 Å². The fraction of sp³-hybridized carbons (Fsp3) is 0.538. The molecule has 0 N–H and O–H groups in total. The molecule has 0 bridgehead atoms. The summed E-state index contributed by atoms with van der Waals surface area (Å²) in [5.41, 5.74) is 1.27. The van der Waals surface area contributed by atoms with Crippen molar-refractivity contribution in [3.05, 3.63) is 30.1 Å². The van der Waals surface area contributed by atoms with Crippen molar-refractivity contribution >= 4 is 5.91 Å². The number of ether oxygens (including phenoxy) is 1. The quantitative estimate of drug-likeness (QED) is 0.794. The van der Waals surface area contributed by atoms with Crippen molar-refractivity contribution in [1.82, 2.24) is 9.88 Å². The van der Waals surface area contributed by atoms with Gasteiger partial charge in [-0.05, 0) is 30.5 Å². The third-order valence-corrected chi connectivity index (χ3v) is 3.22. The van der Waals surface area contributed by atoms with Crippen molar-refractivity contribution in [3.8, 4) is 0 Å². The maximum atomic E-state index is 11.8. The summed E-state index contributed by atoms with van der Waals surface area (Å²) >= 11 is 0. The van der Waals surface area contributed by atoms with Crippen LogP contribution < -0.4 is 0 Å². The fourth-order valence-corrected chi connectivity index (χ4v) is 2.33. The summed E-state index contributed by atoms with van der Waals surface area (Å²) in [6.07, 6.45) is 5.82. The van der Waals surface area contributed by atoms with Gasteiger partial charge in [-0.2, -0.15) is 0 Å². The molecular weight excluding hydrogens is 216 g/mol. The van der Waals surface area contributed by atoms with Crippen LogP contribution in [0.2, 0.25) is 0 Å². The van der Waals surface area contributed by atoms with Crippen molar-refractivity contribution in [2.45, 2.75) is 18.8 Å². The van der Waals surface area contributed by atoms with Crippen molar-refractivity contribution in [2.24, 2.45) is 0 Å². The Morgan fingerprint density at radius 2 is 2.29 bits per heavy atom. The molecule has 4 heteroatoms. The molecule has 2 rings (SSSR count). The number of rotatable bonds is 3. The molecule has 1 aliphatic heterocycles. The first-order valence-corrected chi connectivity index (χ1v) is 5.98. The summed E-state index contributed by atoms with van der Waals surface area (Å²) in [5.74, 6) is 0.527. The van der Waals surface area contributed by atoms with E-state index >= 15 is 0 Å². The van der Waals surface area contributed by atoms with Gasteiger partial charge in [-0.25, -0.2) is 0 Å². The van der Waals surface area contributed by atoms with Crippen molar-refractivity contribution < 1.29 is 9.53 Å². The van der Waals surface area contributed by atoms with Gasteiger partial charge in [0, 0.05) is 38.5 Å². The summed E-state index contributed by atoms with van der Waals surface area (Å²) in [7, 11) is 1.56. The van der Waals surface area contributed by atoms with Gasteiger partial charge in [-0.15, -0.1) is 0 Å². The van der Waals surface area contributed by atoms with Gasteiger partial charge in [0.05, 0.1) is 0 Å². The maximum Gasteiger partial charge on any atom is 0.248 e. The average Bonchev–Trinajstić information content (AvgIpc) is 2.40. The van der Waals surface area contributed by atoms with E-state index in [0.29, 0.717) is 5.92 Å². The molecule has 0 radical (unpaired) electrons. The molecule has 4 nitrogen and oxygen atoms in total. The Kier molecular flexibility index (Phi) is 4.09. The van der Waals surface area contributed by atoms with E-state index in [1.165, 1.54) is 5.56 Å². The second kappa shape index (κ2) is 5.77. The van der Waals surface area contributed by atoms with Crippen LogP contribution in [-0.2, 0) is 9.53 Å². The topological polar surface area (TPSA) is 42.4 Å². The second-order valence-electron chi connectivity index (χ2n) is 4.39. The van der Waals surface area contributed by atoms with Gasteiger partial charge in [-0.1, -0.05) is 0 Å². The van der Waals surface area contributed by atoms with E-state index < -0.39 is 0 Å². The third-order valence-electron chi connectivity index (χ3n) is 3.22. The first-order valence-electron chi connectivity index (χ1n) is 5.98. The Bertz CT molecular complexity index is 367. The van der Waals surface area contributed by atoms with E-state index in [9.17, 15) is 4.79 Å². The molecule has 1 atom stereocenters. The Morgan fingerprint density at radius 1 is 1.53 bits per heavy atom. The predicted octanol–water partition coefficient (Wildman–Crippen LogP) is 1.43. The van der Waals surface area contributed by atoms with Crippen LogP contribution in [0.15, 0.2) is 24.5 Å². The van der Waals surface area contributed by atoms with E-state index in [1.54, 1.807) is 7.11 Å². The number of likely N-dealkylation sites (tertiary alicyclic amines) is 1. The van der Waals surface area contributed by atoms with E-state index in [4.69, 9.17) is 4.74 Å². The van der Waals surface area contributed by atoms with Crippen LogP contribution in [0, 0.1) is 0 Å². The van der Waals surface area contributed by atoms with Crippen LogP contribution in [-0.4, -0.2) is 42.6 Å². The molecule has 0 aromatic carbocycles. The third kappa shape index (κ3) is 3.03. The van der Waals surface area contributed by atoms with E-state index in [1.807, 2.05) is 29.4 Å². The first-order chi connectivity index (χ1) is 8.31. The average molecular weight is 234 g/mol. The molecule has 17 heavy (non-hydrogen) atoms. The van der Waals surface area contributed by atoms with Gasteiger partial charge >= 0.3 is 0 Å². The lowest BCUT2D eigenvalue weighted by Gasteiger charge is -2.32. The Morgan fingerprint density at radius 3 is 3.00 bits per heavy atom. The molecule has 1 aromatic rings. The molecular formula is C13H18N2O2. The predicted molar refractivity (Wildman–Crippen MR) is 64.7 cm³/mol. The number of hydrogen-bond acceptors (Lipinski definition) is 3. The summed E-state index contributed by atoms with van der Waals surface area (Å²) in [6.45, 7) is 1.83. The zero-order valence-electron chi connectivity index (χ0n) is 10.1. The molecule has 2 heterocycles. The van der Waals surface area contributed by atoms with Crippen LogP contribution in [0.25, 0.3) is 0 Å². The van der Waals surface area contributed by atoms with E-state index in [2.05, 4.69) is 4.98 Å². The molecule has 1 fully saturated rings. The Balaban J connectivity index is 2.00. The number of piperidine rings is 1. The van der Waals surface area contributed by atoms with Gasteiger partial charge in [0.2, 0.25) is 5.91 Å². The molecule has 0 unspecified atom stereocenters. The maximum absolute atomic E-state index is 11.8. The number of carbonyl (C=O) groups excluding carboxylic acids is 1. The van der Waals surface area contributed by atoms with Crippen LogP contribution in [0.3, 0.4) is 0 Å². The minimum Gasteiger partial charge on any atom is -0.375 e. The molecule has 92 valence electrons. The van der Waals surface area contributed by atoms with Crippen LogP contribution in [0.4, 0.5) is 0 Å². The molecule has 1 aromatic heterocycles. The standard InChI is InChI=1S/C13H18N2O2/c1-17-10-13(16)15-8-2-3-12(9-15)11-4-6-14-7-5-11/h4-7,12H,2-3,8-10H2,1H3/t12-/m0/s1. The number of methoxy groups -OCH3 is 1. The van der Waals surface area contributed by atoms with Crippen LogP contribution >= 0.6 is 0 Å². The second-order valence-corrected chi connectivity index (χ2v) is 4.39. The van der Waals surface area contributed by atoms with Gasteiger partial charge in [0.25, 0.3) is 0 Å². The normalized spacial score (nSPS) is 20.3. The largest absolute Gasteiger partial charge is 0.375 e. The number of nitrogens with zero attached hydrogens (tertiary/aromatic N) is 2. The zero-order chi connectivity index (χ0) is 12.1. The van der Waals surface area contributed by atoms with Gasteiger partial charge in [0.15, 0.2) is 0 Å². The summed E-state index contributed by atoms with van der Waals surface area (Å²) < 4.78 is 4.90. The highest BCUT2D eigenvalue weighted by Gasteiger charge is 2.24. The molecule has 0 spiro atoms. The molecule has 1 amide bonds. The van der Waals surface area contributed by atoms with Gasteiger partial charge in [0.1, 0.15) is 6.61 Å². The first kappa shape index (κ1) is 12.0. The zero-order valence-corrected chi connectivity index (χ0v) is 10.1. The van der Waals surface area contributed by atoms with Crippen molar-refractivity contribution in [1.29, 1.82) is 0 Å². The molecule has 0 saturated carbocycles. The minimum atomic E-state index is 0.0891. The van der Waals surface area contributed by atoms with Crippen LogP contribution in [0.1, 0.15) is 24.3 Å². The lowest BCUT2D eigenvalue weighted by molar-refractivity contribution is -0.136. The highest BCUT2D eigenvalue weighted by molar-refractivity contribution is 5.77. The Labute approximate surface area is 102 Å². The number of amides is 1. The number of aromatic nitrogens is 1. The molecule has 0 aliphatic carbocycles.